The summed E-state index contributed by atoms with van der Waals surface area (Å²) in [5.74, 6) is 0.148. The molecule has 114 valence electrons. The smallest absolute Gasteiger partial charge is 0.164 e. The quantitative estimate of drug-likeness (QED) is 0.582. The van der Waals surface area contributed by atoms with Crippen molar-refractivity contribution in [2.45, 2.75) is 6.42 Å². The van der Waals surface area contributed by atoms with Crippen LogP contribution in [0.15, 0.2) is 54.6 Å². The number of allylic oxidation sites excluding steroid dienone is 1. The van der Waals surface area contributed by atoms with Crippen LogP contribution in [0, 0.1) is 0 Å². The van der Waals surface area contributed by atoms with E-state index in [4.69, 9.17) is 11.6 Å². The Morgan fingerprint density at radius 3 is 2.27 bits per heavy atom. The zero-order valence-corrected chi connectivity index (χ0v) is 13.7. The minimum absolute atomic E-state index is 0.148. The van der Waals surface area contributed by atoms with Crippen molar-refractivity contribution in [1.82, 2.24) is 4.90 Å². The number of benzene rings is 2. The first-order chi connectivity index (χ1) is 10.6. The highest BCUT2D eigenvalue weighted by atomic mass is 35.5. The van der Waals surface area contributed by atoms with E-state index in [-0.39, 0.29) is 5.78 Å². The average molecular weight is 314 g/mol. The van der Waals surface area contributed by atoms with E-state index < -0.39 is 0 Å². The normalized spacial score (nSPS) is 11.7. The number of ketones is 1. The van der Waals surface area contributed by atoms with E-state index in [9.17, 15) is 4.79 Å². The summed E-state index contributed by atoms with van der Waals surface area (Å²) in [5, 5.41) is 0.692. The van der Waals surface area contributed by atoms with Gasteiger partial charge in [-0.3, -0.25) is 4.79 Å². The highest BCUT2D eigenvalue weighted by Crippen LogP contribution is 2.21. The van der Waals surface area contributed by atoms with Crippen LogP contribution >= 0.6 is 11.6 Å². The number of Topliss-reactive ketones (excluding diaryl/α,β-unsaturated/α-hetero) is 1. The van der Waals surface area contributed by atoms with Gasteiger partial charge in [0.25, 0.3) is 0 Å². The summed E-state index contributed by atoms with van der Waals surface area (Å²) in [5.41, 5.74) is 2.66. The Morgan fingerprint density at radius 2 is 1.68 bits per heavy atom. The van der Waals surface area contributed by atoms with Crippen LogP contribution in [0.25, 0.3) is 11.6 Å². The first-order valence-corrected chi connectivity index (χ1v) is 7.64. The van der Waals surface area contributed by atoms with Gasteiger partial charge in [0.05, 0.1) is 0 Å². The third-order valence-corrected chi connectivity index (χ3v) is 3.60. The Kier molecular flexibility index (Phi) is 5.93. The van der Waals surface area contributed by atoms with Crippen molar-refractivity contribution in [2.24, 2.45) is 0 Å². The molecule has 2 aromatic rings. The highest BCUT2D eigenvalue weighted by molar-refractivity contribution is 6.30. The maximum absolute atomic E-state index is 12.6. The van der Waals surface area contributed by atoms with Gasteiger partial charge >= 0.3 is 0 Å². The lowest BCUT2D eigenvalue weighted by atomic mass is 9.97. The van der Waals surface area contributed by atoms with Crippen molar-refractivity contribution in [3.8, 4) is 0 Å². The Labute approximate surface area is 137 Å². The van der Waals surface area contributed by atoms with Gasteiger partial charge in [0.2, 0.25) is 0 Å². The molecule has 0 aromatic heterocycles. The molecule has 0 fully saturated rings. The van der Waals surface area contributed by atoms with Gasteiger partial charge in [0.1, 0.15) is 0 Å². The second-order valence-corrected chi connectivity index (χ2v) is 5.89. The van der Waals surface area contributed by atoms with Crippen molar-refractivity contribution in [3.05, 3.63) is 70.7 Å². The number of halogens is 1. The van der Waals surface area contributed by atoms with E-state index in [0.29, 0.717) is 11.4 Å². The lowest BCUT2D eigenvalue weighted by Crippen LogP contribution is -2.17. The molecule has 0 aliphatic rings. The van der Waals surface area contributed by atoms with E-state index in [1.54, 1.807) is 0 Å². The minimum atomic E-state index is 0.148. The standard InChI is InChI=1S/C19H20ClNO/c1-21(2)13-12-19(22)18(16-6-4-3-5-7-16)14-15-8-10-17(20)11-9-15/h3-11,14H,12-13H2,1-2H3/b18-14-. The van der Waals surface area contributed by atoms with E-state index >= 15 is 0 Å². The predicted molar refractivity (Wildman–Crippen MR) is 93.9 cm³/mol. The molecule has 3 heteroatoms. The van der Waals surface area contributed by atoms with Gasteiger partial charge < -0.3 is 4.90 Å². The third kappa shape index (κ3) is 4.83. The zero-order chi connectivity index (χ0) is 15.9. The highest BCUT2D eigenvalue weighted by Gasteiger charge is 2.12. The maximum Gasteiger partial charge on any atom is 0.164 e. The van der Waals surface area contributed by atoms with Crippen molar-refractivity contribution >= 4 is 29.0 Å². The third-order valence-electron chi connectivity index (χ3n) is 3.35. The number of carbonyl (C=O) groups is 1. The maximum atomic E-state index is 12.6. The predicted octanol–water partition coefficient (Wildman–Crippen LogP) is 4.40. The molecule has 0 saturated heterocycles. The molecule has 0 spiro atoms. The minimum Gasteiger partial charge on any atom is -0.309 e. The molecule has 2 rings (SSSR count). The van der Waals surface area contributed by atoms with Crippen LogP contribution in [0.4, 0.5) is 0 Å². The van der Waals surface area contributed by atoms with Crippen LogP contribution in [0.3, 0.4) is 0 Å². The summed E-state index contributed by atoms with van der Waals surface area (Å²) in [4.78, 5) is 14.6. The Hall–Kier alpha value is -1.90. The molecule has 0 atom stereocenters. The zero-order valence-electron chi connectivity index (χ0n) is 12.9. The van der Waals surface area contributed by atoms with Crippen LogP contribution in [-0.4, -0.2) is 31.3 Å². The summed E-state index contributed by atoms with van der Waals surface area (Å²) in [6, 6.07) is 17.3. The topological polar surface area (TPSA) is 20.3 Å². The molecule has 0 aliphatic heterocycles. The molecule has 2 aromatic carbocycles. The molecule has 0 N–H and O–H groups in total. The Bertz CT molecular complexity index is 645. The molecular formula is C19H20ClNO. The van der Waals surface area contributed by atoms with E-state index in [0.717, 1.165) is 23.2 Å². The van der Waals surface area contributed by atoms with Crippen LogP contribution in [0.5, 0.6) is 0 Å². The molecule has 0 radical (unpaired) electrons. The van der Waals surface area contributed by atoms with Crippen molar-refractivity contribution in [1.29, 1.82) is 0 Å². The largest absolute Gasteiger partial charge is 0.309 e. The molecule has 0 amide bonds. The fraction of sp³-hybridized carbons (Fsp3) is 0.211. The van der Waals surface area contributed by atoms with E-state index in [1.165, 1.54) is 0 Å². The van der Waals surface area contributed by atoms with Gasteiger partial charge in [-0.15, -0.1) is 0 Å². The average Bonchev–Trinajstić information content (AvgIpc) is 2.53. The van der Waals surface area contributed by atoms with Gasteiger partial charge in [0.15, 0.2) is 5.78 Å². The van der Waals surface area contributed by atoms with Gasteiger partial charge in [-0.2, -0.15) is 0 Å². The molecule has 22 heavy (non-hydrogen) atoms. The number of rotatable bonds is 6. The molecule has 0 unspecified atom stereocenters. The fourth-order valence-electron chi connectivity index (χ4n) is 2.13. The molecule has 0 heterocycles. The Morgan fingerprint density at radius 1 is 1.05 bits per heavy atom. The summed E-state index contributed by atoms with van der Waals surface area (Å²) in [6.07, 6.45) is 2.44. The summed E-state index contributed by atoms with van der Waals surface area (Å²) in [7, 11) is 3.94. The monoisotopic (exact) mass is 313 g/mol. The van der Waals surface area contributed by atoms with Gasteiger partial charge in [-0.1, -0.05) is 54.1 Å². The van der Waals surface area contributed by atoms with Crippen LogP contribution in [0.1, 0.15) is 17.5 Å². The Balaban J connectivity index is 2.33. The van der Waals surface area contributed by atoms with Crippen molar-refractivity contribution in [2.75, 3.05) is 20.6 Å². The molecule has 0 bridgehead atoms. The molecular weight excluding hydrogens is 294 g/mol. The first-order valence-electron chi connectivity index (χ1n) is 7.27. The van der Waals surface area contributed by atoms with Gasteiger partial charge in [-0.25, -0.2) is 0 Å². The summed E-state index contributed by atoms with van der Waals surface area (Å²) < 4.78 is 0. The number of nitrogens with zero attached hydrogens (tertiary/aromatic N) is 1. The van der Waals surface area contributed by atoms with Crippen LogP contribution in [-0.2, 0) is 4.79 Å². The molecule has 0 saturated carbocycles. The summed E-state index contributed by atoms with van der Waals surface area (Å²) in [6.45, 7) is 0.740. The second kappa shape index (κ2) is 7.92. The van der Waals surface area contributed by atoms with Crippen molar-refractivity contribution in [3.63, 3.8) is 0 Å². The number of hydrogen-bond donors (Lipinski definition) is 0. The number of hydrogen-bond acceptors (Lipinski definition) is 2. The van der Waals surface area contributed by atoms with Gasteiger partial charge in [0, 0.05) is 23.6 Å². The van der Waals surface area contributed by atoms with E-state index in [2.05, 4.69) is 0 Å². The van der Waals surface area contributed by atoms with E-state index in [1.807, 2.05) is 79.7 Å². The van der Waals surface area contributed by atoms with Crippen LogP contribution < -0.4 is 0 Å². The first kappa shape index (κ1) is 16.5. The van der Waals surface area contributed by atoms with Crippen LogP contribution in [0.2, 0.25) is 5.02 Å². The lowest BCUT2D eigenvalue weighted by molar-refractivity contribution is -0.113. The lowest BCUT2D eigenvalue weighted by Gasteiger charge is -2.11. The number of carbonyl (C=O) groups excluding carboxylic acids is 1. The van der Waals surface area contributed by atoms with Gasteiger partial charge in [-0.05, 0) is 43.4 Å². The molecule has 2 nitrogen and oxygen atoms in total. The second-order valence-electron chi connectivity index (χ2n) is 5.45. The molecule has 0 aliphatic carbocycles. The summed E-state index contributed by atoms with van der Waals surface area (Å²) >= 11 is 5.92. The SMILES string of the molecule is CN(C)CCC(=O)/C(=C\c1ccc(Cl)cc1)c1ccccc1. The van der Waals surface area contributed by atoms with Crippen molar-refractivity contribution < 1.29 is 4.79 Å². The fourth-order valence-corrected chi connectivity index (χ4v) is 2.25.